The number of esters is 1. The Hall–Kier alpha value is -3.61. The van der Waals surface area contributed by atoms with Crippen LogP contribution in [0, 0.1) is 17.0 Å². The van der Waals surface area contributed by atoms with Crippen LogP contribution in [0.5, 0.6) is 5.75 Å². The maximum atomic E-state index is 16.1. The van der Waals surface area contributed by atoms with Crippen molar-refractivity contribution in [2.24, 2.45) is 16.1 Å². The number of nitrogens with zero attached hydrogens (tertiary/aromatic N) is 1. The number of amides is 1. The van der Waals surface area contributed by atoms with Crippen molar-refractivity contribution in [3.05, 3.63) is 93.0 Å². The van der Waals surface area contributed by atoms with Gasteiger partial charge in [-0.25, -0.2) is 8.78 Å². The average Bonchev–Trinajstić information content (AvgIpc) is 3.35. The lowest BCUT2D eigenvalue weighted by Gasteiger charge is -2.40. The van der Waals surface area contributed by atoms with Gasteiger partial charge in [0.2, 0.25) is 5.91 Å². The standard InChI is InChI=1S/C37H44Cl2F2N4O5/c1-21(42)35(47)50-15-14-49-19-22-10-13-28(29(16-22)48-6)44-34(46)33-31(24-8-7-9-26(39)32(24)41)37(20-43-5,30(45-33)18-36(2,3)4)25-12-11-23(38)17-27(25)40/h7-13,16-17,20-21,30-31,33,45H,14-15,18-19,42H2,1-6H3,(H,44,46)/t21-,30?,31+,33-,37+/m1/s1. The first-order valence-electron chi connectivity index (χ1n) is 16.2. The molecule has 1 fully saturated rings. The molecule has 1 unspecified atom stereocenters. The predicted molar refractivity (Wildman–Crippen MR) is 192 cm³/mol. The van der Waals surface area contributed by atoms with Crippen molar-refractivity contribution in [3.8, 4) is 5.75 Å². The number of nitrogens with one attached hydrogen (secondary N) is 2. The number of aliphatic imine (C=N–C) groups is 1. The van der Waals surface area contributed by atoms with Gasteiger partial charge in [0, 0.05) is 35.8 Å². The fourth-order valence-electron chi connectivity index (χ4n) is 6.52. The number of halogens is 4. The number of rotatable bonds is 13. The Balaban J connectivity index is 1.74. The van der Waals surface area contributed by atoms with E-state index in [1.54, 1.807) is 55.7 Å². The molecule has 0 saturated carbocycles. The topological polar surface area (TPSA) is 124 Å². The normalized spacial score (nSPS) is 21.3. The highest BCUT2D eigenvalue weighted by Gasteiger charge is 2.59. The van der Waals surface area contributed by atoms with Crippen molar-refractivity contribution < 1.29 is 32.6 Å². The van der Waals surface area contributed by atoms with Gasteiger partial charge in [-0.2, -0.15) is 0 Å². The molecule has 1 aliphatic rings. The van der Waals surface area contributed by atoms with Crippen LogP contribution in [0.4, 0.5) is 14.5 Å². The zero-order chi connectivity index (χ0) is 36.8. The third kappa shape index (κ3) is 8.81. The second-order valence-corrected chi connectivity index (χ2v) is 14.4. The molecule has 1 saturated heterocycles. The molecular weight excluding hydrogens is 689 g/mol. The minimum absolute atomic E-state index is 0.0504. The van der Waals surface area contributed by atoms with Crippen LogP contribution in [0.3, 0.4) is 0 Å². The summed E-state index contributed by atoms with van der Waals surface area (Å²) in [7, 11) is 3.03. The molecule has 5 atom stereocenters. The third-order valence-corrected chi connectivity index (χ3v) is 9.12. The van der Waals surface area contributed by atoms with Gasteiger partial charge in [0.05, 0.1) is 42.5 Å². The van der Waals surface area contributed by atoms with Crippen molar-refractivity contribution in [1.82, 2.24) is 5.32 Å². The van der Waals surface area contributed by atoms with Crippen LogP contribution in [0.2, 0.25) is 10.0 Å². The molecule has 4 N–H and O–H groups in total. The molecule has 4 rings (SSSR count). The van der Waals surface area contributed by atoms with Gasteiger partial charge in [0.25, 0.3) is 0 Å². The summed E-state index contributed by atoms with van der Waals surface area (Å²) in [6, 6.07) is 11.7. The summed E-state index contributed by atoms with van der Waals surface area (Å²) in [5.41, 5.74) is 5.26. The number of methoxy groups -OCH3 is 1. The largest absolute Gasteiger partial charge is 0.495 e. The van der Waals surface area contributed by atoms with Crippen LogP contribution >= 0.6 is 23.2 Å². The molecule has 13 heteroatoms. The quantitative estimate of drug-likeness (QED) is 0.100. The minimum atomic E-state index is -1.36. The fraction of sp³-hybridized carbons (Fsp3) is 0.432. The molecule has 0 bridgehead atoms. The van der Waals surface area contributed by atoms with Gasteiger partial charge in [-0.3, -0.25) is 14.6 Å². The molecule has 1 aliphatic heterocycles. The first-order chi connectivity index (χ1) is 23.6. The smallest absolute Gasteiger partial charge is 0.322 e. The second kappa shape index (κ2) is 16.6. The minimum Gasteiger partial charge on any atom is -0.495 e. The fourth-order valence-corrected chi connectivity index (χ4v) is 6.86. The number of carbonyl (C=O) groups is 2. The number of carbonyl (C=O) groups excluding carboxylic acids is 2. The third-order valence-electron chi connectivity index (χ3n) is 8.60. The summed E-state index contributed by atoms with van der Waals surface area (Å²) >= 11 is 12.5. The second-order valence-electron chi connectivity index (χ2n) is 13.6. The van der Waals surface area contributed by atoms with E-state index < -0.39 is 53.0 Å². The van der Waals surface area contributed by atoms with E-state index in [2.05, 4.69) is 15.6 Å². The van der Waals surface area contributed by atoms with E-state index in [0.717, 1.165) is 5.56 Å². The van der Waals surface area contributed by atoms with Crippen LogP contribution in [0.25, 0.3) is 0 Å². The number of ether oxygens (including phenoxy) is 3. The van der Waals surface area contributed by atoms with E-state index in [-0.39, 0.29) is 46.4 Å². The molecule has 50 heavy (non-hydrogen) atoms. The summed E-state index contributed by atoms with van der Waals surface area (Å²) in [5.74, 6) is -3.02. The van der Waals surface area contributed by atoms with Gasteiger partial charge in [-0.1, -0.05) is 68.2 Å². The van der Waals surface area contributed by atoms with Crippen LogP contribution in [-0.4, -0.2) is 63.6 Å². The Kier molecular flexibility index (Phi) is 13.0. The number of nitrogens with two attached hydrogens (primary N) is 1. The molecule has 0 spiro atoms. The summed E-state index contributed by atoms with van der Waals surface area (Å²) in [4.78, 5) is 30.4. The molecule has 1 amide bonds. The van der Waals surface area contributed by atoms with E-state index in [1.165, 1.54) is 26.2 Å². The highest BCUT2D eigenvalue weighted by atomic mass is 35.5. The van der Waals surface area contributed by atoms with Gasteiger partial charge in [0.15, 0.2) is 0 Å². The zero-order valence-electron chi connectivity index (χ0n) is 29.0. The van der Waals surface area contributed by atoms with Crippen molar-refractivity contribution in [1.29, 1.82) is 0 Å². The molecule has 3 aromatic rings. The van der Waals surface area contributed by atoms with Crippen molar-refractivity contribution in [2.75, 3.05) is 32.7 Å². The van der Waals surface area contributed by atoms with Gasteiger partial charge < -0.3 is 30.6 Å². The SMILES string of the molecule is CN=C[C@]1(c2ccc(Cl)cc2F)C(CC(C)(C)C)N[C@@H](C(=O)Nc2ccc(COCCOC(=O)[C@@H](C)N)cc2OC)[C@@H]1c1cccc(Cl)c1F. The molecular formula is C37H44Cl2F2N4O5. The lowest BCUT2D eigenvalue weighted by molar-refractivity contribution is -0.146. The lowest BCUT2D eigenvalue weighted by Crippen LogP contribution is -2.47. The van der Waals surface area contributed by atoms with E-state index in [9.17, 15) is 9.59 Å². The zero-order valence-corrected chi connectivity index (χ0v) is 30.5. The van der Waals surface area contributed by atoms with E-state index in [0.29, 0.717) is 17.9 Å². The number of anilines is 1. The Morgan fingerprint density at radius 2 is 1.86 bits per heavy atom. The monoisotopic (exact) mass is 732 g/mol. The van der Waals surface area contributed by atoms with Gasteiger partial charge in [-0.15, -0.1) is 0 Å². The molecule has 0 aliphatic carbocycles. The van der Waals surface area contributed by atoms with Gasteiger partial charge in [-0.05, 0) is 60.2 Å². The number of benzene rings is 3. The maximum absolute atomic E-state index is 16.1. The van der Waals surface area contributed by atoms with Gasteiger partial charge in [0.1, 0.15) is 30.0 Å². The first-order valence-corrected chi connectivity index (χ1v) is 16.9. The molecule has 9 nitrogen and oxygen atoms in total. The Morgan fingerprint density at radius 3 is 2.50 bits per heavy atom. The Bertz CT molecular complexity index is 1720. The molecule has 0 radical (unpaired) electrons. The van der Waals surface area contributed by atoms with E-state index in [1.807, 2.05) is 20.8 Å². The number of hydrogen-bond donors (Lipinski definition) is 3. The summed E-state index contributed by atoms with van der Waals surface area (Å²) in [6.45, 7) is 8.02. The van der Waals surface area contributed by atoms with Crippen LogP contribution in [0.15, 0.2) is 59.6 Å². The van der Waals surface area contributed by atoms with Crippen molar-refractivity contribution >= 4 is 47.0 Å². The van der Waals surface area contributed by atoms with Crippen LogP contribution < -0.4 is 21.1 Å². The molecule has 1 heterocycles. The van der Waals surface area contributed by atoms with Crippen molar-refractivity contribution in [3.63, 3.8) is 0 Å². The van der Waals surface area contributed by atoms with Crippen molar-refractivity contribution in [2.45, 2.75) is 70.2 Å². The molecule has 0 aromatic heterocycles. The molecule has 3 aromatic carbocycles. The van der Waals surface area contributed by atoms with Gasteiger partial charge >= 0.3 is 5.97 Å². The highest BCUT2D eigenvalue weighted by molar-refractivity contribution is 6.31. The predicted octanol–water partition coefficient (Wildman–Crippen LogP) is 6.82. The summed E-state index contributed by atoms with van der Waals surface area (Å²) in [6.07, 6.45) is 2.07. The Labute approximate surface area is 301 Å². The summed E-state index contributed by atoms with van der Waals surface area (Å²) < 4.78 is 48.5. The van der Waals surface area contributed by atoms with Crippen LogP contribution in [-0.2, 0) is 31.1 Å². The van der Waals surface area contributed by atoms with E-state index in [4.69, 9.17) is 43.1 Å². The maximum Gasteiger partial charge on any atom is 0.322 e. The summed E-state index contributed by atoms with van der Waals surface area (Å²) in [5, 5.41) is 6.48. The molecule has 270 valence electrons. The highest BCUT2D eigenvalue weighted by Crippen LogP contribution is 2.52. The number of hydrogen-bond acceptors (Lipinski definition) is 8. The average molecular weight is 734 g/mol. The van der Waals surface area contributed by atoms with E-state index >= 15 is 8.78 Å². The first kappa shape index (κ1) is 39.2. The van der Waals surface area contributed by atoms with Crippen LogP contribution in [0.1, 0.15) is 56.7 Å². The Morgan fingerprint density at radius 1 is 1.12 bits per heavy atom. The lowest BCUT2D eigenvalue weighted by atomic mass is 9.62.